The van der Waals surface area contributed by atoms with E-state index in [4.69, 9.17) is 4.74 Å². The third kappa shape index (κ3) is 5.26. The predicted octanol–water partition coefficient (Wildman–Crippen LogP) is 1.70. The molecule has 1 aliphatic heterocycles. The van der Waals surface area contributed by atoms with E-state index in [-0.39, 0.29) is 23.9 Å². The minimum absolute atomic E-state index is 0.0444. The molecule has 0 radical (unpaired) electrons. The van der Waals surface area contributed by atoms with E-state index in [9.17, 15) is 9.18 Å². The minimum atomic E-state index is -0.278. The van der Waals surface area contributed by atoms with Crippen LogP contribution in [0.1, 0.15) is 31.4 Å². The molecule has 2 atom stereocenters. The number of carbonyl (C=O) groups is 1. The van der Waals surface area contributed by atoms with Gasteiger partial charge in [0.05, 0.1) is 12.1 Å². The van der Waals surface area contributed by atoms with Crippen molar-refractivity contribution < 1.29 is 13.9 Å². The van der Waals surface area contributed by atoms with Gasteiger partial charge in [-0.2, -0.15) is 0 Å². The van der Waals surface area contributed by atoms with Crippen molar-refractivity contribution in [2.24, 2.45) is 0 Å². The van der Waals surface area contributed by atoms with Gasteiger partial charge in [-0.1, -0.05) is 25.5 Å². The van der Waals surface area contributed by atoms with Crippen LogP contribution in [0, 0.1) is 5.82 Å². The SMILES string of the molecule is CCC[C@H](C(=O)NC[C@@H](OC)c1ccc(F)cc1)N1CCNCC1. The first-order valence-corrected chi connectivity index (χ1v) is 8.66. The molecule has 1 saturated heterocycles. The highest BCUT2D eigenvalue weighted by Crippen LogP contribution is 2.17. The zero-order chi connectivity index (χ0) is 17.4. The molecule has 24 heavy (non-hydrogen) atoms. The van der Waals surface area contributed by atoms with E-state index in [0.29, 0.717) is 6.54 Å². The molecular formula is C18H28FN3O2. The van der Waals surface area contributed by atoms with Gasteiger partial charge in [-0.25, -0.2) is 4.39 Å². The molecule has 6 heteroatoms. The number of hydrogen-bond acceptors (Lipinski definition) is 4. The van der Waals surface area contributed by atoms with Crippen molar-refractivity contribution in [2.75, 3.05) is 39.8 Å². The van der Waals surface area contributed by atoms with E-state index in [0.717, 1.165) is 44.6 Å². The Hall–Kier alpha value is -1.50. The van der Waals surface area contributed by atoms with Crippen molar-refractivity contribution >= 4 is 5.91 Å². The number of halogens is 1. The summed E-state index contributed by atoms with van der Waals surface area (Å²) < 4.78 is 18.5. The summed E-state index contributed by atoms with van der Waals surface area (Å²) in [6.45, 7) is 6.10. The van der Waals surface area contributed by atoms with Crippen LogP contribution in [-0.4, -0.2) is 56.7 Å². The number of nitrogens with zero attached hydrogens (tertiary/aromatic N) is 1. The molecule has 0 bridgehead atoms. The second-order valence-electron chi connectivity index (χ2n) is 6.11. The van der Waals surface area contributed by atoms with E-state index < -0.39 is 0 Å². The largest absolute Gasteiger partial charge is 0.375 e. The number of hydrogen-bond donors (Lipinski definition) is 2. The van der Waals surface area contributed by atoms with Crippen LogP contribution >= 0.6 is 0 Å². The molecular weight excluding hydrogens is 309 g/mol. The number of ether oxygens (including phenoxy) is 1. The van der Waals surface area contributed by atoms with Gasteiger partial charge < -0.3 is 15.4 Å². The van der Waals surface area contributed by atoms with Gasteiger partial charge in [0.15, 0.2) is 0 Å². The van der Waals surface area contributed by atoms with Crippen LogP contribution in [0.15, 0.2) is 24.3 Å². The lowest BCUT2D eigenvalue weighted by Gasteiger charge is -2.34. The van der Waals surface area contributed by atoms with Gasteiger partial charge in [-0.15, -0.1) is 0 Å². The molecule has 1 fully saturated rings. The average molecular weight is 337 g/mol. The summed E-state index contributed by atoms with van der Waals surface area (Å²) in [7, 11) is 1.60. The first kappa shape index (κ1) is 18.8. The van der Waals surface area contributed by atoms with Crippen LogP contribution in [0.25, 0.3) is 0 Å². The molecule has 0 spiro atoms. The van der Waals surface area contributed by atoms with E-state index in [1.54, 1.807) is 19.2 Å². The Bertz CT molecular complexity index is 503. The molecule has 1 aliphatic rings. The molecule has 0 aromatic heterocycles. The quantitative estimate of drug-likeness (QED) is 0.758. The molecule has 0 unspecified atom stereocenters. The fraction of sp³-hybridized carbons (Fsp3) is 0.611. The highest BCUT2D eigenvalue weighted by molar-refractivity contribution is 5.81. The van der Waals surface area contributed by atoms with Gasteiger partial charge in [0.25, 0.3) is 0 Å². The Morgan fingerprint density at radius 1 is 1.33 bits per heavy atom. The summed E-state index contributed by atoms with van der Waals surface area (Å²) in [5, 5.41) is 6.32. The monoisotopic (exact) mass is 337 g/mol. The second kappa shape index (κ2) is 9.71. The van der Waals surface area contributed by atoms with Crippen LogP contribution in [0.2, 0.25) is 0 Å². The highest BCUT2D eigenvalue weighted by Gasteiger charge is 2.26. The Morgan fingerprint density at radius 2 is 2.00 bits per heavy atom. The number of methoxy groups -OCH3 is 1. The molecule has 0 saturated carbocycles. The Labute approximate surface area is 143 Å². The topological polar surface area (TPSA) is 53.6 Å². The molecule has 1 aromatic rings. The molecule has 5 nitrogen and oxygen atoms in total. The third-order valence-electron chi connectivity index (χ3n) is 4.45. The number of rotatable bonds is 8. The van der Waals surface area contributed by atoms with Gasteiger partial charge in [0.1, 0.15) is 5.82 Å². The standard InChI is InChI=1S/C18H28FN3O2/c1-3-4-16(22-11-9-20-10-12-22)18(23)21-13-17(24-2)14-5-7-15(19)8-6-14/h5-8,16-17,20H,3-4,9-13H2,1-2H3,(H,21,23)/t16-,17-/m1/s1. The molecule has 0 aliphatic carbocycles. The van der Waals surface area contributed by atoms with E-state index >= 15 is 0 Å². The Balaban J connectivity index is 1.93. The summed E-state index contributed by atoms with van der Waals surface area (Å²) >= 11 is 0. The number of carbonyl (C=O) groups excluding carboxylic acids is 1. The first-order valence-electron chi connectivity index (χ1n) is 8.66. The van der Waals surface area contributed by atoms with Crippen LogP contribution in [-0.2, 0) is 9.53 Å². The summed E-state index contributed by atoms with van der Waals surface area (Å²) in [6.07, 6.45) is 1.54. The third-order valence-corrected chi connectivity index (χ3v) is 4.45. The van der Waals surface area contributed by atoms with Gasteiger partial charge in [0.2, 0.25) is 5.91 Å². The zero-order valence-corrected chi connectivity index (χ0v) is 14.6. The van der Waals surface area contributed by atoms with Crippen molar-refractivity contribution in [1.29, 1.82) is 0 Å². The van der Waals surface area contributed by atoms with Crippen molar-refractivity contribution in [1.82, 2.24) is 15.5 Å². The van der Waals surface area contributed by atoms with Crippen LogP contribution in [0.3, 0.4) is 0 Å². The van der Waals surface area contributed by atoms with Crippen molar-refractivity contribution in [3.05, 3.63) is 35.6 Å². The van der Waals surface area contributed by atoms with E-state index in [1.807, 2.05) is 0 Å². The van der Waals surface area contributed by atoms with E-state index in [1.165, 1.54) is 12.1 Å². The molecule has 134 valence electrons. The van der Waals surface area contributed by atoms with Crippen LogP contribution in [0.5, 0.6) is 0 Å². The van der Waals surface area contributed by atoms with Crippen molar-refractivity contribution in [3.8, 4) is 0 Å². The molecule has 1 heterocycles. The van der Waals surface area contributed by atoms with Crippen molar-refractivity contribution in [2.45, 2.75) is 31.9 Å². The lowest BCUT2D eigenvalue weighted by Crippen LogP contribution is -2.54. The summed E-state index contributed by atoms with van der Waals surface area (Å²) in [6, 6.07) is 6.10. The normalized spacial score (nSPS) is 18.1. The molecule has 2 N–H and O–H groups in total. The average Bonchev–Trinajstić information content (AvgIpc) is 2.62. The maximum Gasteiger partial charge on any atom is 0.237 e. The number of nitrogens with one attached hydrogen (secondary N) is 2. The lowest BCUT2D eigenvalue weighted by atomic mass is 10.1. The minimum Gasteiger partial charge on any atom is -0.375 e. The summed E-state index contributed by atoms with van der Waals surface area (Å²) in [5.74, 6) is -0.234. The number of piperazine rings is 1. The number of amides is 1. The van der Waals surface area contributed by atoms with E-state index in [2.05, 4.69) is 22.5 Å². The summed E-state index contributed by atoms with van der Waals surface area (Å²) in [4.78, 5) is 14.9. The van der Waals surface area contributed by atoms with Gasteiger partial charge in [-0.05, 0) is 24.1 Å². The maximum atomic E-state index is 13.0. The Morgan fingerprint density at radius 3 is 2.58 bits per heavy atom. The smallest absolute Gasteiger partial charge is 0.237 e. The lowest BCUT2D eigenvalue weighted by molar-refractivity contribution is -0.127. The summed E-state index contributed by atoms with van der Waals surface area (Å²) in [5.41, 5.74) is 0.855. The maximum absolute atomic E-state index is 13.0. The number of benzene rings is 1. The first-order chi connectivity index (χ1) is 11.7. The van der Waals surface area contributed by atoms with Gasteiger partial charge in [0, 0.05) is 39.8 Å². The fourth-order valence-corrected chi connectivity index (χ4v) is 3.07. The molecule has 2 rings (SSSR count). The fourth-order valence-electron chi connectivity index (χ4n) is 3.07. The second-order valence-corrected chi connectivity index (χ2v) is 6.11. The van der Waals surface area contributed by atoms with Crippen molar-refractivity contribution in [3.63, 3.8) is 0 Å². The van der Waals surface area contributed by atoms with Gasteiger partial charge >= 0.3 is 0 Å². The molecule has 1 aromatic carbocycles. The molecule has 1 amide bonds. The van der Waals surface area contributed by atoms with Crippen LogP contribution in [0.4, 0.5) is 4.39 Å². The highest BCUT2D eigenvalue weighted by atomic mass is 19.1. The zero-order valence-electron chi connectivity index (χ0n) is 14.6. The Kier molecular flexibility index (Phi) is 7.62. The predicted molar refractivity (Wildman–Crippen MR) is 92.3 cm³/mol. The van der Waals surface area contributed by atoms with Crippen LogP contribution < -0.4 is 10.6 Å². The van der Waals surface area contributed by atoms with Gasteiger partial charge in [-0.3, -0.25) is 9.69 Å².